The van der Waals surface area contributed by atoms with Crippen LogP contribution in [0.4, 0.5) is 17.5 Å². The number of ether oxygens (including phenoxy) is 3. The van der Waals surface area contributed by atoms with Crippen LogP contribution in [0.2, 0.25) is 0 Å². The number of piperidine rings is 1. The second-order valence-corrected chi connectivity index (χ2v) is 12.9. The molecule has 3 aromatic rings. The molecule has 0 aliphatic carbocycles. The van der Waals surface area contributed by atoms with Gasteiger partial charge >= 0.3 is 11.9 Å². The van der Waals surface area contributed by atoms with Gasteiger partial charge in [0, 0.05) is 31.2 Å². The molecule has 5 rings (SSSR count). The van der Waals surface area contributed by atoms with E-state index in [-0.39, 0.29) is 13.2 Å². The average molecular weight is 632 g/mol. The minimum atomic E-state index is -2.17. The van der Waals surface area contributed by atoms with Crippen LogP contribution in [0.1, 0.15) is 68.6 Å². The Bertz CT molecular complexity index is 1540. The zero-order valence-electron chi connectivity index (χ0n) is 27.4. The molecule has 1 saturated heterocycles. The van der Waals surface area contributed by atoms with Crippen molar-refractivity contribution in [3.05, 3.63) is 65.1 Å². The molecule has 4 heterocycles. The molecule has 4 N–H and O–H groups in total. The van der Waals surface area contributed by atoms with Gasteiger partial charge in [0.15, 0.2) is 11.6 Å². The highest BCUT2D eigenvalue weighted by atomic mass is 16.6. The first kappa shape index (κ1) is 32.9. The third-order valence-corrected chi connectivity index (χ3v) is 8.17. The van der Waals surface area contributed by atoms with Gasteiger partial charge in [-0.3, -0.25) is 0 Å². The molecule has 0 amide bonds. The molecule has 12 heteroatoms. The molecule has 0 saturated carbocycles. The molecule has 0 radical (unpaired) electrons. The number of anilines is 3. The molecule has 1 unspecified atom stereocenters. The number of hydrogen-bond acceptors (Lipinski definition) is 12. The number of esters is 2. The van der Waals surface area contributed by atoms with E-state index in [1.165, 1.54) is 12.7 Å². The zero-order chi connectivity index (χ0) is 32.9. The van der Waals surface area contributed by atoms with Crippen LogP contribution < -0.4 is 26.0 Å². The fourth-order valence-electron chi connectivity index (χ4n) is 5.70. The van der Waals surface area contributed by atoms with Crippen molar-refractivity contribution < 1.29 is 23.8 Å². The molecule has 1 atom stereocenters. The van der Waals surface area contributed by atoms with E-state index in [2.05, 4.69) is 32.7 Å². The van der Waals surface area contributed by atoms with Crippen LogP contribution in [0.25, 0.3) is 0 Å². The minimum absolute atomic E-state index is 0.0467. The third kappa shape index (κ3) is 7.67. The topological polar surface area (TPSA) is 154 Å². The van der Waals surface area contributed by atoms with Gasteiger partial charge in [0.2, 0.25) is 11.3 Å². The summed E-state index contributed by atoms with van der Waals surface area (Å²) in [6, 6.07) is 13.5. The normalized spacial score (nSPS) is 16.4. The van der Waals surface area contributed by atoms with Gasteiger partial charge < -0.3 is 35.5 Å². The molecular weight excluding hydrogens is 586 g/mol. The maximum absolute atomic E-state index is 13.4. The number of rotatable bonds is 10. The van der Waals surface area contributed by atoms with E-state index in [0.717, 1.165) is 62.4 Å². The van der Waals surface area contributed by atoms with E-state index in [0.29, 0.717) is 29.1 Å². The van der Waals surface area contributed by atoms with Crippen LogP contribution in [0.15, 0.2) is 42.5 Å². The number of carbonyl (C=O) groups is 2. The summed E-state index contributed by atoms with van der Waals surface area (Å²) in [6.45, 7) is 8.96. The van der Waals surface area contributed by atoms with Gasteiger partial charge in [-0.2, -0.15) is 0 Å². The maximum atomic E-state index is 13.4. The van der Waals surface area contributed by atoms with Crippen LogP contribution in [0.3, 0.4) is 0 Å². The summed E-state index contributed by atoms with van der Waals surface area (Å²) >= 11 is 0. The van der Waals surface area contributed by atoms with Gasteiger partial charge in [0.1, 0.15) is 23.9 Å². The maximum Gasteiger partial charge on any atom is 0.340 e. The molecule has 1 aromatic carbocycles. The Labute approximate surface area is 270 Å². The lowest BCUT2D eigenvalue weighted by Crippen LogP contribution is -2.62. The van der Waals surface area contributed by atoms with E-state index in [1.807, 2.05) is 30.3 Å². The Morgan fingerprint density at radius 3 is 2.48 bits per heavy atom. The Morgan fingerprint density at radius 2 is 1.78 bits per heavy atom. The van der Waals surface area contributed by atoms with Crippen molar-refractivity contribution in [2.75, 3.05) is 48.8 Å². The van der Waals surface area contributed by atoms with Gasteiger partial charge in [0.05, 0.1) is 13.7 Å². The Hall–Kier alpha value is -4.45. The smallest absolute Gasteiger partial charge is 0.340 e. The Balaban J connectivity index is 1.32. The summed E-state index contributed by atoms with van der Waals surface area (Å²) in [5, 5.41) is 6.53. The molecule has 1 fully saturated rings. The second kappa shape index (κ2) is 13.9. The number of nitrogens with zero attached hydrogens (tertiary/aromatic N) is 4. The quantitative estimate of drug-likeness (QED) is 0.218. The Morgan fingerprint density at radius 1 is 1.04 bits per heavy atom. The van der Waals surface area contributed by atoms with Crippen molar-refractivity contribution >= 4 is 29.4 Å². The second-order valence-electron chi connectivity index (χ2n) is 12.9. The number of aryl methyl sites for hydroxylation is 2. The van der Waals surface area contributed by atoms with Crippen molar-refractivity contribution in [2.45, 2.75) is 77.0 Å². The van der Waals surface area contributed by atoms with E-state index in [9.17, 15) is 9.59 Å². The largest absolute Gasteiger partial charge is 0.490 e. The fraction of sp³-hybridized carbons (Fsp3) is 0.500. The molecule has 46 heavy (non-hydrogen) atoms. The molecule has 0 spiro atoms. The van der Waals surface area contributed by atoms with Crippen molar-refractivity contribution in [1.29, 1.82) is 0 Å². The van der Waals surface area contributed by atoms with Crippen LogP contribution >= 0.6 is 0 Å². The molecule has 2 aliphatic rings. The number of fused-ring (bicyclic) bond motifs is 1. The van der Waals surface area contributed by atoms with E-state index >= 15 is 0 Å². The lowest BCUT2D eigenvalue weighted by molar-refractivity contribution is -0.171. The molecular formula is C34H45N7O5. The SMILES string of the molecule is COc1c(NCC(N)(C(=O)OCc2ccccc2)C(=O)OC(C)(C)C)nc(C)nc1N1CCC(c2ccc3c(n2)NCCC3)CC1. The van der Waals surface area contributed by atoms with Gasteiger partial charge in [-0.15, -0.1) is 0 Å². The minimum Gasteiger partial charge on any atom is -0.490 e. The van der Waals surface area contributed by atoms with E-state index in [1.54, 1.807) is 27.7 Å². The first-order chi connectivity index (χ1) is 22.0. The standard InChI is InChI=1S/C34H45N7O5/c1-22-38-29(37-21-34(35,32(43)46-33(2,3)4)31(42)45-20-23-10-7-6-8-11-23)27(44-5)30(39-22)41-18-15-24(16-19-41)26-14-13-25-12-9-17-36-28(25)40-26/h6-8,10-11,13-14,24H,9,12,15-21,35H2,1-5H3,(H,36,40)(H,37,38,39). The predicted molar refractivity (Wildman–Crippen MR) is 176 cm³/mol. The van der Waals surface area contributed by atoms with Crippen molar-refractivity contribution in [3.8, 4) is 5.75 Å². The summed E-state index contributed by atoms with van der Waals surface area (Å²) in [4.78, 5) is 43.1. The van der Waals surface area contributed by atoms with Crippen LogP contribution in [0.5, 0.6) is 5.75 Å². The van der Waals surface area contributed by atoms with Crippen LogP contribution in [0, 0.1) is 6.92 Å². The molecule has 2 aromatic heterocycles. The summed E-state index contributed by atoms with van der Waals surface area (Å²) in [5.74, 6) is 1.34. The van der Waals surface area contributed by atoms with E-state index in [4.69, 9.17) is 29.9 Å². The molecule has 0 bridgehead atoms. The number of benzene rings is 1. The number of aromatic nitrogens is 3. The number of methoxy groups -OCH3 is 1. The van der Waals surface area contributed by atoms with Crippen LogP contribution in [-0.2, 0) is 32.1 Å². The van der Waals surface area contributed by atoms with Gasteiger partial charge in [0.25, 0.3) is 0 Å². The summed E-state index contributed by atoms with van der Waals surface area (Å²) in [5.41, 5.74) is 6.62. The van der Waals surface area contributed by atoms with E-state index < -0.39 is 23.1 Å². The number of nitrogens with one attached hydrogen (secondary N) is 2. The zero-order valence-corrected chi connectivity index (χ0v) is 27.4. The van der Waals surface area contributed by atoms with Crippen molar-refractivity contribution in [1.82, 2.24) is 15.0 Å². The van der Waals surface area contributed by atoms with Gasteiger partial charge in [-0.1, -0.05) is 36.4 Å². The van der Waals surface area contributed by atoms with Crippen molar-refractivity contribution in [3.63, 3.8) is 0 Å². The van der Waals surface area contributed by atoms with Gasteiger partial charge in [-0.05, 0) is 70.6 Å². The number of pyridine rings is 1. The molecule has 246 valence electrons. The first-order valence-corrected chi connectivity index (χ1v) is 15.9. The lowest BCUT2D eigenvalue weighted by Gasteiger charge is -2.34. The average Bonchev–Trinajstić information content (AvgIpc) is 3.05. The third-order valence-electron chi connectivity index (χ3n) is 8.17. The molecule has 2 aliphatic heterocycles. The summed E-state index contributed by atoms with van der Waals surface area (Å²) in [6.07, 6.45) is 4.00. The highest BCUT2D eigenvalue weighted by Crippen LogP contribution is 2.37. The highest BCUT2D eigenvalue weighted by molar-refractivity contribution is 6.05. The molecule has 12 nitrogen and oxygen atoms in total. The number of nitrogens with two attached hydrogens (primary N) is 1. The monoisotopic (exact) mass is 631 g/mol. The predicted octanol–water partition coefficient (Wildman–Crippen LogP) is 4.13. The lowest BCUT2D eigenvalue weighted by atomic mass is 9.92. The number of hydrogen-bond donors (Lipinski definition) is 3. The summed E-state index contributed by atoms with van der Waals surface area (Å²) in [7, 11) is 1.54. The Kier molecular flexibility index (Phi) is 9.95. The summed E-state index contributed by atoms with van der Waals surface area (Å²) < 4.78 is 16.9. The van der Waals surface area contributed by atoms with Gasteiger partial charge in [-0.25, -0.2) is 24.5 Å². The number of carbonyl (C=O) groups excluding carboxylic acids is 2. The fourth-order valence-corrected chi connectivity index (χ4v) is 5.70. The van der Waals surface area contributed by atoms with Crippen LogP contribution in [-0.4, -0.2) is 71.3 Å². The van der Waals surface area contributed by atoms with Crippen molar-refractivity contribution in [2.24, 2.45) is 5.73 Å². The first-order valence-electron chi connectivity index (χ1n) is 15.9. The highest BCUT2D eigenvalue weighted by Gasteiger charge is 2.47.